The number of carbonyl (C=O) groups is 1. The van der Waals surface area contributed by atoms with Crippen LogP contribution in [0.25, 0.3) is 11.3 Å². The summed E-state index contributed by atoms with van der Waals surface area (Å²) in [7, 11) is 1.53. The van der Waals surface area contributed by atoms with E-state index in [0.29, 0.717) is 28.4 Å². The lowest BCUT2D eigenvalue weighted by molar-refractivity contribution is -0.385. The molecule has 0 aliphatic carbocycles. The molecule has 0 fully saturated rings. The van der Waals surface area contributed by atoms with E-state index in [1.165, 1.54) is 19.4 Å². The van der Waals surface area contributed by atoms with Gasteiger partial charge in [0.2, 0.25) is 0 Å². The van der Waals surface area contributed by atoms with Crippen LogP contribution in [0.3, 0.4) is 0 Å². The summed E-state index contributed by atoms with van der Waals surface area (Å²) >= 11 is 11.3. The maximum Gasteiger partial charge on any atom is 0.285 e. The third-order valence-corrected chi connectivity index (χ3v) is 6.14. The van der Waals surface area contributed by atoms with Crippen LogP contribution in [-0.2, 0) is 0 Å². The van der Waals surface area contributed by atoms with E-state index in [4.69, 9.17) is 20.8 Å². The lowest BCUT2D eigenvalue weighted by Crippen LogP contribution is -2.17. The fraction of sp³-hybridized carbons (Fsp3) is 0.0526. The molecular weight excluding hydrogens is 592 g/mol. The van der Waals surface area contributed by atoms with Gasteiger partial charge in [-0.15, -0.1) is 0 Å². The van der Waals surface area contributed by atoms with Crippen LogP contribution in [0.1, 0.15) is 16.1 Å². The Kier molecular flexibility index (Phi) is 7.10. The summed E-state index contributed by atoms with van der Waals surface area (Å²) in [4.78, 5) is 22.8. The number of nitrogens with one attached hydrogen (secondary N) is 1. The number of hydrazone groups is 1. The monoisotopic (exact) mass is 603 g/mol. The molecule has 1 N–H and O–H groups in total. The number of nitro groups is 1. The van der Waals surface area contributed by atoms with Crippen LogP contribution < -0.4 is 10.2 Å². The Labute approximate surface area is 197 Å². The minimum Gasteiger partial charge on any atom is -0.496 e. The second-order valence-electron chi connectivity index (χ2n) is 5.80. The number of benzene rings is 2. The van der Waals surface area contributed by atoms with Gasteiger partial charge in [0.25, 0.3) is 11.6 Å². The maximum absolute atomic E-state index is 12.2. The number of nitrogens with zero attached hydrogens (tertiary/aromatic N) is 2. The average molecular weight is 605 g/mol. The van der Waals surface area contributed by atoms with Gasteiger partial charge in [0.05, 0.1) is 26.8 Å². The third-order valence-electron chi connectivity index (χ3n) is 3.89. The molecule has 3 rings (SSSR count). The molecule has 0 atom stereocenters. The Balaban J connectivity index is 1.74. The van der Waals surface area contributed by atoms with Gasteiger partial charge in [0, 0.05) is 17.2 Å². The minimum absolute atomic E-state index is 0.177. The molecule has 0 saturated heterocycles. The summed E-state index contributed by atoms with van der Waals surface area (Å²) in [5.41, 5.74) is 3.05. The number of hydrogen-bond donors (Lipinski definition) is 1. The molecule has 0 bridgehead atoms. The van der Waals surface area contributed by atoms with Crippen LogP contribution >= 0.6 is 50.1 Å². The molecule has 1 aromatic heterocycles. The lowest BCUT2D eigenvalue weighted by atomic mass is 10.1. The van der Waals surface area contributed by atoms with Gasteiger partial charge in [-0.3, -0.25) is 14.9 Å². The normalized spacial score (nSPS) is 10.9. The zero-order chi connectivity index (χ0) is 21.8. The van der Waals surface area contributed by atoms with Crippen molar-refractivity contribution in [3.05, 3.63) is 77.0 Å². The second-order valence-corrected chi connectivity index (χ2v) is 8.16. The van der Waals surface area contributed by atoms with Gasteiger partial charge in [0.1, 0.15) is 21.7 Å². The van der Waals surface area contributed by atoms with Gasteiger partial charge in [0.15, 0.2) is 0 Å². The van der Waals surface area contributed by atoms with Crippen LogP contribution in [0.15, 0.2) is 56.5 Å². The summed E-state index contributed by atoms with van der Waals surface area (Å²) < 4.78 is 11.9. The molecule has 0 spiro atoms. The highest BCUT2D eigenvalue weighted by atomic mass is 127. The number of hydrogen-bond acceptors (Lipinski definition) is 6. The first-order valence-electron chi connectivity index (χ1n) is 8.20. The molecule has 30 heavy (non-hydrogen) atoms. The van der Waals surface area contributed by atoms with Gasteiger partial charge >= 0.3 is 0 Å². The van der Waals surface area contributed by atoms with Gasteiger partial charge in [-0.2, -0.15) is 5.10 Å². The number of carbonyl (C=O) groups excluding carboxylic acids is 1. The Morgan fingerprint density at radius 1 is 1.33 bits per heavy atom. The van der Waals surface area contributed by atoms with Gasteiger partial charge in [-0.25, -0.2) is 5.43 Å². The van der Waals surface area contributed by atoms with E-state index in [9.17, 15) is 14.9 Å². The standard InChI is InChI=1S/C19H12BrClIN3O5/c1-29-17-8-10(2-4-14(17)22)19(26)24-23-9-12-3-5-16(30-12)11-6-13(21)18(20)15(7-11)25(27)28/h2-9H,1H3,(H,24,26)/b23-9-. The van der Waals surface area contributed by atoms with Crippen molar-refractivity contribution >= 4 is 67.9 Å². The molecule has 0 unspecified atom stereocenters. The zero-order valence-corrected chi connectivity index (χ0v) is 19.7. The molecular formula is C19H12BrClIN3O5. The first-order valence-corrected chi connectivity index (χ1v) is 10.5. The molecule has 1 heterocycles. The topological polar surface area (TPSA) is 107 Å². The Morgan fingerprint density at radius 2 is 2.10 bits per heavy atom. The maximum atomic E-state index is 12.2. The van der Waals surface area contributed by atoms with Crippen LogP contribution in [0.5, 0.6) is 5.75 Å². The summed E-state index contributed by atoms with van der Waals surface area (Å²) in [5, 5.41) is 15.2. The first kappa shape index (κ1) is 22.2. The molecule has 2 aromatic carbocycles. The summed E-state index contributed by atoms with van der Waals surface area (Å²) in [6.07, 6.45) is 1.32. The van der Waals surface area contributed by atoms with Crippen molar-refractivity contribution in [1.82, 2.24) is 5.43 Å². The molecule has 8 nitrogen and oxygen atoms in total. The van der Waals surface area contributed by atoms with Crippen molar-refractivity contribution in [3.63, 3.8) is 0 Å². The highest BCUT2D eigenvalue weighted by Crippen LogP contribution is 2.37. The van der Waals surface area contributed by atoms with E-state index >= 15 is 0 Å². The molecule has 154 valence electrons. The molecule has 0 aliphatic heterocycles. The molecule has 1 amide bonds. The largest absolute Gasteiger partial charge is 0.496 e. The molecule has 0 aliphatic rings. The number of methoxy groups -OCH3 is 1. The molecule has 3 aromatic rings. The van der Waals surface area contributed by atoms with E-state index in [0.717, 1.165) is 3.57 Å². The lowest BCUT2D eigenvalue weighted by Gasteiger charge is -2.05. The quantitative estimate of drug-likeness (QED) is 0.170. The molecule has 0 saturated carbocycles. The van der Waals surface area contributed by atoms with E-state index in [-0.39, 0.29) is 15.2 Å². The minimum atomic E-state index is -0.542. The predicted octanol–water partition coefficient (Wildman–Crippen LogP) is 5.65. The second kappa shape index (κ2) is 9.58. The number of halogens is 3. The van der Waals surface area contributed by atoms with Crippen molar-refractivity contribution < 1.29 is 18.9 Å². The third kappa shape index (κ3) is 4.99. The number of ether oxygens (including phenoxy) is 1. The van der Waals surface area contributed by atoms with Crippen LogP contribution in [0.4, 0.5) is 5.69 Å². The molecule has 0 radical (unpaired) electrons. The van der Waals surface area contributed by atoms with Crippen molar-refractivity contribution in [2.75, 3.05) is 7.11 Å². The van der Waals surface area contributed by atoms with Crippen LogP contribution in [0.2, 0.25) is 5.02 Å². The fourth-order valence-electron chi connectivity index (χ4n) is 2.45. The summed E-state index contributed by atoms with van der Waals surface area (Å²) in [6, 6.07) is 11.2. The summed E-state index contributed by atoms with van der Waals surface area (Å²) in [5.74, 6) is 0.878. The predicted molar refractivity (Wildman–Crippen MR) is 124 cm³/mol. The van der Waals surface area contributed by atoms with Crippen molar-refractivity contribution in [2.45, 2.75) is 0 Å². The Bertz CT molecular complexity index is 1170. The SMILES string of the molecule is COc1cc(C(=O)N/N=C\c2ccc(-c3cc(Cl)c(Br)c([N+](=O)[O-])c3)o2)ccc1I. The summed E-state index contributed by atoms with van der Waals surface area (Å²) in [6.45, 7) is 0. The number of nitro benzene ring substituents is 1. The van der Waals surface area contributed by atoms with Crippen molar-refractivity contribution in [1.29, 1.82) is 0 Å². The smallest absolute Gasteiger partial charge is 0.285 e. The van der Waals surface area contributed by atoms with Crippen LogP contribution in [-0.4, -0.2) is 24.2 Å². The average Bonchev–Trinajstić information content (AvgIpc) is 3.18. The number of amides is 1. The van der Waals surface area contributed by atoms with E-state index in [1.54, 1.807) is 36.4 Å². The zero-order valence-electron chi connectivity index (χ0n) is 15.2. The van der Waals surface area contributed by atoms with Gasteiger partial charge < -0.3 is 9.15 Å². The number of furan rings is 1. The number of rotatable bonds is 6. The van der Waals surface area contributed by atoms with E-state index in [1.807, 2.05) is 0 Å². The van der Waals surface area contributed by atoms with Gasteiger partial charge in [-0.05, 0) is 74.9 Å². The highest BCUT2D eigenvalue weighted by molar-refractivity contribution is 14.1. The van der Waals surface area contributed by atoms with Crippen molar-refractivity contribution in [2.24, 2.45) is 5.10 Å². The highest BCUT2D eigenvalue weighted by Gasteiger charge is 2.18. The van der Waals surface area contributed by atoms with Gasteiger partial charge in [-0.1, -0.05) is 11.6 Å². The van der Waals surface area contributed by atoms with E-state index in [2.05, 4.69) is 49.0 Å². The fourth-order valence-corrected chi connectivity index (χ4v) is 3.59. The van der Waals surface area contributed by atoms with Crippen molar-refractivity contribution in [3.8, 4) is 17.1 Å². The first-order chi connectivity index (χ1) is 14.3. The van der Waals surface area contributed by atoms with E-state index < -0.39 is 10.8 Å². The Hall–Kier alpha value is -2.44. The van der Waals surface area contributed by atoms with Crippen LogP contribution in [0, 0.1) is 13.7 Å². The Morgan fingerprint density at radius 3 is 2.80 bits per heavy atom. The molecule has 11 heteroatoms.